The minimum absolute atomic E-state index is 0.127. The Morgan fingerprint density at radius 1 is 1.00 bits per heavy atom. The highest BCUT2D eigenvalue weighted by atomic mass is 19.1. The third kappa shape index (κ3) is 4.58. The van der Waals surface area contributed by atoms with Gasteiger partial charge in [0, 0.05) is 43.5 Å². The zero-order chi connectivity index (χ0) is 21.8. The average molecular weight is 422 g/mol. The van der Waals surface area contributed by atoms with Crippen LogP contribution in [0.15, 0.2) is 65.5 Å². The van der Waals surface area contributed by atoms with Crippen LogP contribution in [0.4, 0.5) is 10.1 Å². The van der Waals surface area contributed by atoms with Crippen molar-refractivity contribution in [2.75, 3.05) is 38.2 Å². The SMILES string of the molecule is COc1ccccc1-c1ccc(=O)n(CC(=O)N2CCN(c3ccc(F)cc3)CC2)n1. The third-order valence-corrected chi connectivity index (χ3v) is 5.36. The second kappa shape index (κ2) is 8.99. The molecule has 0 N–H and O–H groups in total. The average Bonchev–Trinajstić information content (AvgIpc) is 2.81. The van der Waals surface area contributed by atoms with Gasteiger partial charge in [-0.05, 0) is 42.5 Å². The number of amides is 1. The molecule has 0 bridgehead atoms. The maximum Gasteiger partial charge on any atom is 0.267 e. The first-order valence-electron chi connectivity index (χ1n) is 10.0. The monoisotopic (exact) mass is 422 g/mol. The molecule has 3 aromatic rings. The van der Waals surface area contributed by atoms with Crippen LogP contribution in [0.25, 0.3) is 11.3 Å². The summed E-state index contributed by atoms with van der Waals surface area (Å²) in [4.78, 5) is 28.9. The highest BCUT2D eigenvalue weighted by Gasteiger charge is 2.22. The molecule has 2 heterocycles. The number of nitrogens with zero attached hydrogens (tertiary/aromatic N) is 4. The van der Waals surface area contributed by atoms with Crippen LogP contribution in [0.2, 0.25) is 0 Å². The molecule has 8 heteroatoms. The van der Waals surface area contributed by atoms with Crippen LogP contribution in [0, 0.1) is 5.82 Å². The van der Waals surface area contributed by atoms with Crippen molar-refractivity contribution in [2.45, 2.75) is 6.54 Å². The summed E-state index contributed by atoms with van der Waals surface area (Å²) < 4.78 is 19.7. The number of para-hydroxylation sites is 1. The van der Waals surface area contributed by atoms with Gasteiger partial charge in [0.2, 0.25) is 5.91 Å². The molecule has 0 radical (unpaired) electrons. The summed E-state index contributed by atoms with van der Waals surface area (Å²) >= 11 is 0. The summed E-state index contributed by atoms with van der Waals surface area (Å²) in [6.07, 6.45) is 0. The number of rotatable bonds is 5. The van der Waals surface area contributed by atoms with Crippen LogP contribution in [-0.2, 0) is 11.3 Å². The Morgan fingerprint density at radius 2 is 1.71 bits per heavy atom. The molecule has 0 spiro atoms. The van der Waals surface area contributed by atoms with Crippen molar-refractivity contribution in [3.8, 4) is 17.0 Å². The molecule has 1 fully saturated rings. The van der Waals surface area contributed by atoms with E-state index in [1.807, 2.05) is 24.3 Å². The lowest BCUT2D eigenvalue weighted by atomic mass is 10.1. The Labute approximate surface area is 179 Å². The number of hydrogen-bond donors (Lipinski definition) is 0. The molecule has 31 heavy (non-hydrogen) atoms. The highest BCUT2D eigenvalue weighted by Crippen LogP contribution is 2.27. The summed E-state index contributed by atoms with van der Waals surface area (Å²) in [5.41, 5.74) is 1.90. The van der Waals surface area contributed by atoms with Gasteiger partial charge in [-0.1, -0.05) is 12.1 Å². The van der Waals surface area contributed by atoms with Gasteiger partial charge in [-0.3, -0.25) is 9.59 Å². The van der Waals surface area contributed by atoms with Crippen LogP contribution >= 0.6 is 0 Å². The van der Waals surface area contributed by atoms with Gasteiger partial charge in [0.05, 0.1) is 12.8 Å². The number of carbonyl (C=O) groups excluding carboxylic acids is 1. The first-order valence-corrected chi connectivity index (χ1v) is 10.0. The van der Waals surface area contributed by atoms with E-state index in [-0.39, 0.29) is 23.8 Å². The molecule has 1 aromatic heterocycles. The van der Waals surface area contributed by atoms with Gasteiger partial charge in [0.15, 0.2) is 0 Å². The van der Waals surface area contributed by atoms with Crippen molar-refractivity contribution in [1.82, 2.24) is 14.7 Å². The Balaban J connectivity index is 1.44. The molecule has 160 valence electrons. The lowest BCUT2D eigenvalue weighted by Gasteiger charge is -2.36. The van der Waals surface area contributed by atoms with Crippen LogP contribution in [0.5, 0.6) is 5.75 Å². The second-order valence-corrected chi connectivity index (χ2v) is 7.26. The lowest BCUT2D eigenvalue weighted by molar-refractivity contribution is -0.132. The van der Waals surface area contributed by atoms with Gasteiger partial charge < -0.3 is 14.5 Å². The van der Waals surface area contributed by atoms with Crippen molar-refractivity contribution in [3.05, 3.63) is 76.8 Å². The summed E-state index contributed by atoms with van der Waals surface area (Å²) in [7, 11) is 1.57. The molecule has 1 amide bonds. The van der Waals surface area contributed by atoms with Gasteiger partial charge in [0.25, 0.3) is 5.56 Å². The van der Waals surface area contributed by atoms with Crippen LogP contribution < -0.4 is 15.2 Å². The van der Waals surface area contributed by atoms with Gasteiger partial charge in [-0.25, -0.2) is 9.07 Å². The van der Waals surface area contributed by atoms with Crippen molar-refractivity contribution in [2.24, 2.45) is 0 Å². The minimum Gasteiger partial charge on any atom is -0.496 e. The maximum atomic E-state index is 13.1. The van der Waals surface area contributed by atoms with E-state index in [1.54, 1.807) is 30.2 Å². The largest absolute Gasteiger partial charge is 0.496 e. The fourth-order valence-electron chi connectivity index (χ4n) is 3.66. The normalized spacial score (nSPS) is 13.9. The van der Waals surface area contributed by atoms with Gasteiger partial charge in [0.1, 0.15) is 18.1 Å². The molecule has 0 saturated carbocycles. The minimum atomic E-state index is -0.336. The summed E-state index contributed by atoms with van der Waals surface area (Å²) in [5.74, 6) is 0.208. The number of aromatic nitrogens is 2. The van der Waals surface area contributed by atoms with Crippen molar-refractivity contribution >= 4 is 11.6 Å². The summed E-state index contributed by atoms with van der Waals surface area (Å²) in [5, 5.41) is 4.39. The van der Waals surface area contributed by atoms with E-state index in [1.165, 1.54) is 22.9 Å². The Bertz CT molecular complexity index is 1120. The summed E-state index contributed by atoms with van der Waals surface area (Å²) in [6, 6.07) is 16.8. The smallest absolute Gasteiger partial charge is 0.267 e. The molecule has 4 rings (SSSR count). The second-order valence-electron chi connectivity index (χ2n) is 7.26. The molecular weight excluding hydrogens is 399 g/mol. The standard InChI is InChI=1S/C23H23FN4O3/c1-31-21-5-3-2-4-19(21)20-10-11-22(29)28(25-20)16-23(30)27-14-12-26(13-15-27)18-8-6-17(24)7-9-18/h2-11H,12-16H2,1H3. The van der Waals surface area contributed by atoms with E-state index in [0.29, 0.717) is 37.6 Å². The quantitative estimate of drug-likeness (QED) is 0.632. The molecule has 1 aliphatic rings. The van der Waals surface area contributed by atoms with Crippen molar-refractivity contribution in [3.63, 3.8) is 0 Å². The number of methoxy groups -OCH3 is 1. The van der Waals surface area contributed by atoms with E-state index >= 15 is 0 Å². The first-order chi connectivity index (χ1) is 15.0. The molecule has 0 unspecified atom stereocenters. The molecule has 1 saturated heterocycles. The van der Waals surface area contributed by atoms with E-state index in [2.05, 4.69) is 10.00 Å². The predicted octanol–water partition coefficient (Wildman–Crippen LogP) is 2.41. The van der Waals surface area contributed by atoms with E-state index in [9.17, 15) is 14.0 Å². The number of benzene rings is 2. The Hall–Kier alpha value is -3.68. The number of carbonyl (C=O) groups is 1. The van der Waals surface area contributed by atoms with Crippen molar-refractivity contribution in [1.29, 1.82) is 0 Å². The number of ether oxygens (including phenoxy) is 1. The zero-order valence-corrected chi connectivity index (χ0v) is 17.2. The predicted molar refractivity (Wildman–Crippen MR) is 116 cm³/mol. The van der Waals surface area contributed by atoms with Gasteiger partial charge >= 0.3 is 0 Å². The molecule has 0 atom stereocenters. The fourth-order valence-corrected chi connectivity index (χ4v) is 3.66. The molecular formula is C23H23FN4O3. The van der Waals surface area contributed by atoms with E-state index in [0.717, 1.165) is 11.3 Å². The highest BCUT2D eigenvalue weighted by molar-refractivity contribution is 5.76. The number of hydrogen-bond acceptors (Lipinski definition) is 5. The third-order valence-electron chi connectivity index (χ3n) is 5.36. The van der Waals surface area contributed by atoms with E-state index in [4.69, 9.17) is 4.74 Å². The van der Waals surface area contributed by atoms with Gasteiger partial charge in [-0.15, -0.1) is 0 Å². The van der Waals surface area contributed by atoms with Crippen LogP contribution in [0.1, 0.15) is 0 Å². The summed E-state index contributed by atoms with van der Waals surface area (Å²) in [6.45, 7) is 2.20. The fraction of sp³-hybridized carbons (Fsp3) is 0.261. The van der Waals surface area contributed by atoms with Gasteiger partial charge in [-0.2, -0.15) is 5.10 Å². The molecule has 7 nitrogen and oxygen atoms in total. The van der Waals surface area contributed by atoms with Crippen LogP contribution in [0.3, 0.4) is 0 Å². The molecule has 1 aliphatic heterocycles. The number of piperazine rings is 1. The number of anilines is 1. The lowest BCUT2D eigenvalue weighted by Crippen LogP contribution is -2.50. The zero-order valence-electron chi connectivity index (χ0n) is 17.2. The Morgan fingerprint density at radius 3 is 2.42 bits per heavy atom. The van der Waals surface area contributed by atoms with Crippen molar-refractivity contribution < 1.29 is 13.9 Å². The number of halogens is 1. The molecule has 2 aromatic carbocycles. The Kier molecular flexibility index (Phi) is 5.97. The maximum absolute atomic E-state index is 13.1. The topological polar surface area (TPSA) is 67.7 Å². The first kappa shape index (κ1) is 20.6. The van der Waals surface area contributed by atoms with Crippen LogP contribution in [-0.4, -0.2) is 53.9 Å². The van der Waals surface area contributed by atoms with E-state index < -0.39 is 0 Å². The molecule has 0 aliphatic carbocycles.